The summed E-state index contributed by atoms with van der Waals surface area (Å²) >= 11 is 0. The Hall–Kier alpha value is -1.10. The van der Waals surface area contributed by atoms with E-state index < -0.39 is 5.54 Å². The molecule has 2 heterocycles. The molecule has 1 saturated carbocycles. The highest BCUT2D eigenvalue weighted by Gasteiger charge is 2.52. The molecule has 5 heteroatoms. The van der Waals surface area contributed by atoms with Crippen LogP contribution in [-0.2, 0) is 14.3 Å². The minimum atomic E-state index is -0.615. The fraction of sp³-hybridized carbons (Fsp3) is 0.857. The van der Waals surface area contributed by atoms with Crippen molar-refractivity contribution in [2.75, 3.05) is 19.8 Å². The summed E-state index contributed by atoms with van der Waals surface area (Å²) in [7, 11) is 0. The van der Waals surface area contributed by atoms with Crippen molar-refractivity contribution in [1.82, 2.24) is 10.2 Å². The second-order valence-corrected chi connectivity index (χ2v) is 6.38. The lowest BCUT2D eigenvalue weighted by atomic mass is 9.86. The summed E-state index contributed by atoms with van der Waals surface area (Å²) in [5.74, 6) is 0.0888. The minimum Gasteiger partial charge on any atom is -0.379 e. The molecule has 2 aliphatic heterocycles. The Morgan fingerprint density at radius 3 is 2.53 bits per heavy atom. The molecule has 0 aromatic rings. The van der Waals surface area contributed by atoms with Crippen LogP contribution in [-0.4, -0.2) is 47.6 Å². The smallest absolute Gasteiger partial charge is 0.249 e. The van der Waals surface area contributed by atoms with Crippen LogP contribution in [0.5, 0.6) is 0 Å². The van der Waals surface area contributed by atoms with Crippen LogP contribution in [0.3, 0.4) is 0 Å². The van der Waals surface area contributed by atoms with Gasteiger partial charge in [-0.3, -0.25) is 9.59 Å². The van der Waals surface area contributed by atoms with Gasteiger partial charge in [-0.15, -0.1) is 0 Å². The number of rotatable bonds is 1. The maximum absolute atomic E-state index is 12.9. The van der Waals surface area contributed by atoms with E-state index >= 15 is 0 Å². The Morgan fingerprint density at radius 2 is 1.89 bits per heavy atom. The molecule has 1 unspecified atom stereocenters. The first kappa shape index (κ1) is 12.9. The van der Waals surface area contributed by atoms with Gasteiger partial charge in [0.1, 0.15) is 12.1 Å². The molecule has 19 heavy (non-hydrogen) atoms. The van der Waals surface area contributed by atoms with Gasteiger partial charge in [0.25, 0.3) is 0 Å². The number of piperazine rings is 1. The van der Waals surface area contributed by atoms with E-state index in [1.54, 1.807) is 4.90 Å². The molecule has 1 N–H and O–H groups in total. The highest BCUT2D eigenvalue weighted by molar-refractivity contribution is 5.98. The van der Waals surface area contributed by atoms with E-state index in [4.69, 9.17) is 4.74 Å². The number of nitrogens with one attached hydrogen (secondary N) is 1. The number of hydrogen-bond acceptors (Lipinski definition) is 3. The van der Waals surface area contributed by atoms with Crippen LogP contribution in [0.2, 0.25) is 0 Å². The summed E-state index contributed by atoms with van der Waals surface area (Å²) in [6.45, 7) is 3.53. The lowest BCUT2D eigenvalue weighted by Crippen LogP contribution is -2.71. The van der Waals surface area contributed by atoms with E-state index in [1.807, 2.05) is 6.92 Å². The first-order chi connectivity index (χ1) is 9.06. The molecule has 1 atom stereocenters. The SMILES string of the molecule is CC1(N2CC(=O)NC3(CCCC3)C2=O)CCCOC1. The van der Waals surface area contributed by atoms with Crippen LogP contribution in [0.4, 0.5) is 0 Å². The van der Waals surface area contributed by atoms with Gasteiger partial charge in [0.15, 0.2) is 0 Å². The van der Waals surface area contributed by atoms with Gasteiger partial charge in [-0.2, -0.15) is 0 Å². The fourth-order valence-electron chi connectivity index (χ4n) is 3.72. The standard InChI is InChI=1S/C14H22N2O3/c1-13(5-4-8-19-10-13)16-9-11(17)15-14(12(16)18)6-2-3-7-14/h2-10H2,1H3,(H,15,17). The lowest BCUT2D eigenvalue weighted by molar-refractivity contribution is -0.161. The van der Waals surface area contributed by atoms with Gasteiger partial charge in [0, 0.05) is 6.61 Å². The molecule has 1 spiro atoms. The molecular formula is C14H22N2O3. The maximum atomic E-state index is 12.9. The van der Waals surface area contributed by atoms with Gasteiger partial charge in [-0.05, 0) is 32.6 Å². The third-order valence-electron chi connectivity index (χ3n) is 4.86. The van der Waals surface area contributed by atoms with Crippen molar-refractivity contribution in [1.29, 1.82) is 0 Å². The van der Waals surface area contributed by atoms with Gasteiger partial charge in [-0.1, -0.05) is 12.8 Å². The van der Waals surface area contributed by atoms with Gasteiger partial charge in [-0.25, -0.2) is 0 Å². The minimum absolute atomic E-state index is 0.0201. The molecule has 0 aromatic heterocycles. The molecule has 2 amide bonds. The molecule has 3 rings (SSSR count). The Labute approximate surface area is 113 Å². The van der Waals surface area contributed by atoms with Gasteiger partial charge >= 0.3 is 0 Å². The summed E-state index contributed by atoms with van der Waals surface area (Å²) in [6, 6.07) is 0. The summed E-state index contributed by atoms with van der Waals surface area (Å²) in [5, 5.41) is 2.96. The summed E-state index contributed by atoms with van der Waals surface area (Å²) in [4.78, 5) is 26.7. The van der Waals surface area contributed by atoms with E-state index in [1.165, 1.54) is 0 Å². The van der Waals surface area contributed by atoms with Crippen molar-refractivity contribution < 1.29 is 14.3 Å². The van der Waals surface area contributed by atoms with Gasteiger partial charge in [0.2, 0.25) is 11.8 Å². The molecule has 3 fully saturated rings. The van der Waals surface area contributed by atoms with E-state index in [0.29, 0.717) is 6.61 Å². The Bertz CT molecular complexity index is 395. The molecule has 0 bridgehead atoms. The maximum Gasteiger partial charge on any atom is 0.249 e. The second-order valence-electron chi connectivity index (χ2n) is 6.38. The lowest BCUT2D eigenvalue weighted by Gasteiger charge is -2.49. The zero-order valence-electron chi connectivity index (χ0n) is 11.5. The molecule has 2 saturated heterocycles. The van der Waals surface area contributed by atoms with Crippen LogP contribution in [0, 0.1) is 0 Å². The first-order valence-corrected chi connectivity index (χ1v) is 7.27. The average molecular weight is 266 g/mol. The van der Waals surface area contributed by atoms with Crippen molar-refractivity contribution in [3.8, 4) is 0 Å². The van der Waals surface area contributed by atoms with Crippen molar-refractivity contribution >= 4 is 11.8 Å². The zero-order chi connectivity index (χ0) is 13.5. The average Bonchev–Trinajstić information content (AvgIpc) is 2.84. The highest BCUT2D eigenvalue weighted by atomic mass is 16.5. The van der Waals surface area contributed by atoms with E-state index in [9.17, 15) is 9.59 Å². The molecule has 0 radical (unpaired) electrons. The predicted octanol–water partition coefficient (Wildman–Crippen LogP) is 0.827. The van der Waals surface area contributed by atoms with Crippen molar-refractivity contribution in [2.24, 2.45) is 0 Å². The van der Waals surface area contributed by atoms with Crippen LogP contribution >= 0.6 is 0 Å². The van der Waals surface area contributed by atoms with Crippen LogP contribution < -0.4 is 5.32 Å². The number of carbonyl (C=O) groups excluding carboxylic acids is 2. The molecule has 3 aliphatic rings. The van der Waals surface area contributed by atoms with E-state index in [-0.39, 0.29) is 23.9 Å². The monoisotopic (exact) mass is 266 g/mol. The van der Waals surface area contributed by atoms with E-state index in [2.05, 4.69) is 5.32 Å². The predicted molar refractivity (Wildman–Crippen MR) is 69.5 cm³/mol. The number of carbonyl (C=O) groups is 2. The molecule has 106 valence electrons. The Kier molecular flexibility index (Phi) is 3.04. The van der Waals surface area contributed by atoms with Gasteiger partial charge in [0.05, 0.1) is 12.1 Å². The fourth-order valence-corrected chi connectivity index (χ4v) is 3.72. The quantitative estimate of drug-likeness (QED) is 0.764. The van der Waals surface area contributed by atoms with E-state index in [0.717, 1.165) is 45.1 Å². The van der Waals surface area contributed by atoms with Gasteiger partial charge < -0.3 is 15.0 Å². The largest absolute Gasteiger partial charge is 0.379 e. The second kappa shape index (κ2) is 4.47. The Balaban J connectivity index is 1.87. The molecule has 0 aromatic carbocycles. The number of ether oxygens (including phenoxy) is 1. The first-order valence-electron chi connectivity index (χ1n) is 7.27. The highest BCUT2D eigenvalue weighted by Crippen LogP contribution is 2.37. The Morgan fingerprint density at radius 1 is 1.16 bits per heavy atom. The number of nitrogens with zero attached hydrogens (tertiary/aromatic N) is 1. The molecule has 5 nitrogen and oxygen atoms in total. The topological polar surface area (TPSA) is 58.6 Å². The third-order valence-corrected chi connectivity index (χ3v) is 4.86. The summed E-state index contributed by atoms with van der Waals surface area (Å²) in [5.41, 5.74) is -0.932. The number of hydrogen-bond donors (Lipinski definition) is 1. The summed E-state index contributed by atoms with van der Waals surface area (Å²) in [6.07, 6.45) is 5.48. The van der Waals surface area contributed by atoms with Crippen LogP contribution in [0.15, 0.2) is 0 Å². The zero-order valence-corrected chi connectivity index (χ0v) is 11.5. The van der Waals surface area contributed by atoms with Crippen molar-refractivity contribution in [3.05, 3.63) is 0 Å². The third kappa shape index (κ3) is 2.04. The van der Waals surface area contributed by atoms with Crippen LogP contribution in [0.25, 0.3) is 0 Å². The number of amides is 2. The normalized spacial score (nSPS) is 34.7. The van der Waals surface area contributed by atoms with Crippen molar-refractivity contribution in [2.45, 2.75) is 56.5 Å². The van der Waals surface area contributed by atoms with Crippen LogP contribution in [0.1, 0.15) is 45.4 Å². The summed E-state index contributed by atoms with van der Waals surface area (Å²) < 4.78 is 5.55. The molecular weight excluding hydrogens is 244 g/mol. The van der Waals surface area contributed by atoms with Crippen molar-refractivity contribution in [3.63, 3.8) is 0 Å². The molecule has 1 aliphatic carbocycles.